The van der Waals surface area contributed by atoms with Crippen molar-refractivity contribution in [2.24, 2.45) is 5.10 Å². The Morgan fingerprint density at radius 1 is 1.17 bits per heavy atom. The SMILES string of the molecule is Cc1cccc(N2N=C(C(=O)OCc3cc(=O)oc4cc(O)ccc34)CCC2=O)c1. The number of hydrazone groups is 1. The molecular weight excluding hydrogens is 388 g/mol. The van der Waals surface area contributed by atoms with E-state index in [-0.39, 0.29) is 42.4 Å². The number of phenols is 1. The first-order valence-electron chi connectivity index (χ1n) is 9.31. The third-order valence-corrected chi connectivity index (χ3v) is 4.69. The largest absolute Gasteiger partial charge is 0.508 e. The van der Waals surface area contributed by atoms with Gasteiger partial charge in [0.05, 0.1) is 5.69 Å². The highest BCUT2D eigenvalue weighted by Gasteiger charge is 2.26. The Morgan fingerprint density at radius 2 is 2.00 bits per heavy atom. The molecule has 0 bridgehead atoms. The van der Waals surface area contributed by atoms with Crippen molar-refractivity contribution in [1.82, 2.24) is 0 Å². The summed E-state index contributed by atoms with van der Waals surface area (Å²) in [7, 11) is 0. The molecule has 2 heterocycles. The van der Waals surface area contributed by atoms with E-state index in [0.717, 1.165) is 5.56 Å². The minimum absolute atomic E-state index is 0.0442. The number of rotatable bonds is 4. The molecule has 0 spiro atoms. The number of ether oxygens (including phenoxy) is 1. The number of phenolic OH excluding ortho intramolecular Hbond substituents is 1. The Kier molecular flexibility index (Phi) is 5.05. The molecule has 0 atom stereocenters. The second-order valence-corrected chi connectivity index (χ2v) is 6.94. The number of hydrogen-bond acceptors (Lipinski definition) is 7. The monoisotopic (exact) mass is 406 g/mol. The average molecular weight is 406 g/mol. The number of carbonyl (C=O) groups is 2. The van der Waals surface area contributed by atoms with Crippen LogP contribution in [0.25, 0.3) is 11.0 Å². The maximum absolute atomic E-state index is 12.6. The van der Waals surface area contributed by atoms with E-state index in [1.165, 1.54) is 23.2 Å². The fourth-order valence-electron chi connectivity index (χ4n) is 3.23. The van der Waals surface area contributed by atoms with Gasteiger partial charge in [-0.2, -0.15) is 5.10 Å². The van der Waals surface area contributed by atoms with Crippen LogP contribution in [0.5, 0.6) is 5.75 Å². The molecule has 0 unspecified atom stereocenters. The Hall–Kier alpha value is -3.94. The number of nitrogens with zero attached hydrogens (tertiary/aromatic N) is 2. The second kappa shape index (κ2) is 7.82. The molecule has 0 saturated heterocycles. The topological polar surface area (TPSA) is 109 Å². The summed E-state index contributed by atoms with van der Waals surface area (Å²) in [5.41, 5.74) is 1.69. The molecule has 0 fully saturated rings. The molecule has 0 radical (unpaired) electrons. The summed E-state index contributed by atoms with van der Waals surface area (Å²) in [6.07, 6.45) is 0.310. The highest BCUT2D eigenvalue weighted by molar-refractivity contribution is 6.38. The lowest BCUT2D eigenvalue weighted by atomic mass is 10.1. The van der Waals surface area contributed by atoms with Crippen LogP contribution in [0.3, 0.4) is 0 Å². The zero-order chi connectivity index (χ0) is 21.3. The summed E-state index contributed by atoms with van der Waals surface area (Å²) >= 11 is 0. The predicted molar refractivity (Wildman–Crippen MR) is 109 cm³/mol. The molecule has 0 aliphatic carbocycles. The molecule has 2 aromatic carbocycles. The Balaban J connectivity index is 1.56. The van der Waals surface area contributed by atoms with E-state index in [2.05, 4.69) is 5.10 Å². The molecule has 1 N–H and O–H groups in total. The van der Waals surface area contributed by atoms with Crippen molar-refractivity contribution in [3.63, 3.8) is 0 Å². The summed E-state index contributed by atoms with van der Waals surface area (Å²) < 4.78 is 10.4. The third kappa shape index (κ3) is 3.93. The van der Waals surface area contributed by atoms with Gasteiger partial charge < -0.3 is 14.3 Å². The maximum atomic E-state index is 12.6. The minimum Gasteiger partial charge on any atom is -0.508 e. The van der Waals surface area contributed by atoms with Crippen molar-refractivity contribution < 1.29 is 23.8 Å². The number of carbonyl (C=O) groups excluding carboxylic acids is 2. The number of aromatic hydroxyl groups is 1. The van der Waals surface area contributed by atoms with Gasteiger partial charge in [0.25, 0.3) is 0 Å². The van der Waals surface area contributed by atoms with Crippen LogP contribution in [0.2, 0.25) is 0 Å². The van der Waals surface area contributed by atoms with Gasteiger partial charge in [-0.05, 0) is 36.8 Å². The quantitative estimate of drug-likeness (QED) is 0.527. The Morgan fingerprint density at radius 3 is 2.80 bits per heavy atom. The lowest BCUT2D eigenvalue weighted by molar-refractivity contribution is -0.137. The molecule has 152 valence electrons. The van der Waals surface area contributed by atoms with Crippen molar-refractivity contribution in [2.45, 2.75) is 26.4 Å². The van der Waals surface area contributed by atoms with Gasteiger partial charge in [0, 0.05) is 35.9 Å². The Labute approximate surface area is 171 Å². The van der Waals surface area contributed by atoms with E-state index in [4.69, 9.17) is 9.15 Å². The fourth-order valence-corrected chi connectivity index (χ4v) is 3.23. The number of amides is 1. The van der Waals surface area contributed by atoms with Gasteiger partial charge in [0.2, 0.25) is 5.91 Å². The van der Waals surface area contributed by atoms with E-state index >= 15 is 0 Å². The van der Waals surface area contributed by atoms with E-state index in [0.29, 0.717) is 16.6 Å². The molecule has 1 aliphatic rings. The molecule has 1 aromatic heterocycles. The molecule has 1 amide bonds. The van der Waals surface area contributed by atoms with Crippen molar-refractivity contribution in [3.8, 4) is 5.75 Å². The summed E-state index contributed by atoms with van der Waals surface area (Å²) in [6, 6.07) is 12.8. The normalized spacial score (nSPS) is 14.0. The van der Waals surface area contributed by atoms with E-state index in [1.807, 2.05) is 19.1 Å². The van der Waals surface area contributed by atoms with Gasteiger partial charge in [-0.3, -0.25) is 4.79 Å². The zero-order valence-corrected chi connectivity index (χ0v) is 16.1. The van der Waals surface area contributed by atoms with E-state index in [1.54, 1.807) is 18.2 Å². The highest BCUT2D eigenvalue weighted by Crippen LogP contribution is 2.24. The van der Waals surface area contributed by atoms with Crippen LogP contribution in [0.4, 0.5) is 5.69 Å². The molecule has 4 rings (SSSR count). The first kappa shape index (κ1) is 19.4. The summed E-state index contributed by atoms with van der Waals surface area (Å²) in [5, 5.41) is 15.5. The summed E-state index contributed by atoms with van der Waals surface area (Å²) in [6.45, 7) is 1.72. The lowest BCUT2D eigenvalue weighted by Gasteiger charge is -2.23. The lowest BCUT2D eigenvalue weighted by Crippen LogP contribution is -2.35. The van der Waals surface area contributed by atoms with E-state index in [9.17, 15) is 19.5 Å². The number of benzene rings is 2. The molecule has 1 aliphatic heterocycles. The zero-order valence-electron chi connectivity index (χ0n) is 16.1. The number of esters is 1. The minimum atomic E-state index is -0.666. The van der Waals surface area contributed by atoms with Crippen molar-refractivity contribution >= 4 is 34.2 Å². The maximum Gasteiger partial charge on any atom is 0.354 e. The number of fused-ring (bicyclic) bond motifs is 1. The van der Waals surface area contributed by atoms with E-state index < -0.39 is 11.6 Å². The van der Waals surface area contributed by atoms with Crippen molar-refractivity contribution in [2.75, 3.05) is 5.01 Å². The van der Waals surface area contributed by atoms with Gasteiger partial charge in [-0.25, -0.2) is 14.6 Å². The average Bonchev–Trinajstić information content (AvgIpc) is 2.71. The third-order valence-electron chi connectivity index (χ3n) is 4.69. The van der Waals surface area contributed by atoms with Crippen LogP contribution in [-0.2, 0) is 20.9 Å². The van der Waals surface area contributed by atoms with Crippen LogP contribution >= 0.6 is 0 Å². The summed E-state index contributed by atoms with van der Waals surface area (Å²) in [5.74, 6) is -0.916. The van der Waals surface area contributed by atoms with Crippen molar-refractivity contribution in [1.29, 1.82) is 0 Å². The molecule has 8 nitrogen and oxygen atoms in total. The predicted octanol–water partition coefficient (Wildman–Crippen LogP) is 3.03. The van der Waals surface area contributed by atoms with Gasteiger partial charge >= 0.3 is 11.6 Å². The Bertz CT molecular complexity index is 1240. The molecule has 0 saturated carbocycles. The van der Waals surface area contributed by atoms with Gasteiger partial charge in [0.15, 0.2) is 0 Å². The smallest absolute Gasteiger partial charge is 0.354 e. The highest BCUT2D eigenvalue weighted by atomic mass is 16.5. The van der Waals surface area contributed by atoms with Crippen LogP contribution in [0.1, 0.15) is 24.0 Å². The molecule has 8 heteroatoms. The molecular formula is C22H18N2O6. The van der Waals surface area contributed by atoms with Gasteiger partial charge in [-0.1, -0.05) is 12.1 Å². The van der Waals surface area contributed by atoms with Gasteiger partial charge in [-0.15, -0.1) is 0 Å². The molecule has 30 heavy (non-hydrogen) atoms. The van der Waals surface area contributed by atoms with Gasteiger partial charge in [0.1, 0.15) is 23.7 Å². The van der Waals surface area contributed by atoms with Crippen LogP contribution in [0.15, 0.2) is 62.8 Å². The first-order chi connectivity index (χ1) is 14.4. The first-order valence-corrected chi connectivity index (χ1v) is 9.31. The fraction of sp³-hybridized carbons (Fsp3) is 0.182. The number of anilines is 1. The number of hydrogen-bond donors (Lipinski definition) is 1. The van der Waals surface area contributed by atoms with Crippen LogP contribution < -0.4 is 10.6 Å². The van der Waals surface area contributed by atoms with Crippen LogP contribution in [0, 0.1) is 6.92 Å². The standard InChI is InChI=1S/C22H18N2O6/c1-13-3-2-4-15(9-13)24-20(26)8-7-18(23-24)22(28)29-12-14-10-21(27)30-19-11-16(25)5-6-17(14)19/h2-6,9-11,25H,7-8,12H2,1H3. The summed E-state index contributed by atoms with van der Waals surface area (Å²) in [4.78, 5) is 36.6. The van der Waals surface area contributed by atoms with Crippen LogP contribution in [-0.4, -0.2) is 22.7 Å². The number of aryl methyl sites for hydroxylation is 1. The second-order valence-electron chi connectivity index (χ2n) is 6.94. The molecule has 3 aromatic rings. The van der Waals surface area contributed by atoms with Crippen molar-refractivity contribution in [3.05, 3.63) is 70.1 Å².